The third-order valence-electron chi connectivity index (χ3n) is 2.42. The summed E-state index contributed by atoms with van der Waals surface area (Å²) in [5.74, 6) is -0.274. The number of nitrogens with zero attached hydrogens (tertiary/aromatic N) is 1. The summed E-state index contributed by atoms with van der Waals surface area (Å²) in [6.45, 7) is 1.61. The maximum atomic E-state index is 12.1. The van der Waals surface area contributed by atoms with Gasteiger partial charge in [-0.2, -0.15) is 0 Å². The summed E-state index contributed by atoms with van der Waals surface area (Å²) in [4.78, 5) is 4.09. The number of ether oxygens (including phenoxy) is 1. The molecule has 0 radical (unpaired) electrons. The van der Waals surface area contributed by atoms with Crippen molar-refractivity contribution in [2.75, 3.05) is 0 Å². The first-order chi connectivity index (χ1) is 8.85. The van der Waals surface area contributed by atoms with Gasteiger partial charge in [-0.05, 0) is 31.2 Å². The van der Waals surface area contributed by atoms with Gasteiger partial charge in [-0.3, -0.25) is 0 Å². The SMILES string of the molecule is Cc1nc(-c2cccc(OC(F)(F)F)c2)ccc1O. The molecule has 0 amide bonds. The lowest BCUT2D eigenvalue weighted by atomic mass is 10.1. The third kappa shape index (κ3) is 3.37. The number of hydrogen-bond donors (Lipinski definition) is 1. The second-order valence-corrected chi connectivity index (χ2v) is 3.88. The number of aryl methyl sites for hydroxylation is 1. The van der Waals surface area contributed by atoms with E-state index in [4.69, 9.17) is 0 Å². The molecular weight excluding hydrogens is 259 g/mol. The van der Waals surface area contributed by atoms with Gasteiger partial charge < -0.3 is 9.84 Å². The summed E-state index contributed by atoms with van der Waals surface area (Å²) < 4.78 is 40.2. The summed E-state index contributed by atoms with van der Waals surface area (Å²) in [6.07, 6.45) is -4.73. The van der Waals surface area contributed by atoms with Crippen molar-refractivity contribution in [2.24, 2.45) is 0 Å². The molecule has 0 saturated carbocycles. The molecule has 0 unspecified atom stereocenters. The highest BCUT2D eigenvalue weighted by atomic mass is 19.4. The molecule has 2 rings (SSSR count). The van der Waals surface area contributed by atoms with Crippen molar-refractivity contribution in [3.63, 3.8) is 0 Å². The second kappa shape index (κ2) is 4.79. The highest BCUT2D eigenvalue weighted by Crippen LogP contribution is 2.28. The molecule has 0 fully saturated rings. The maximum absolute atomic E-state index is 12.1. The van der Waals surface area contributed by atoms with E-state index in [0.717, 1.165) is 0 Å². The predicted octanol–water partition coefficient (Wildman–Crippen LogP) is 3.66. The van der Waals surface area contributed by atoms with Crippen LogP contribution in [0.15, 0.2) is 36.4 Å². The Kier molecular flexibility index (Phi) is 3.33. The van der Waals surface area contributed by atoms with Crippen molar-refractivity contribution in [3.05, 3.63) is 42.1 Å². The summed E-state index contributed by atoms with van der Waals surface area (Å²) in [5, 5.41) is 9.36. The van der Waals surface area contributed by atoms with E-state index in [1.54, 1.807) is 13.0 Å². The van der Waals surface area contributed by atoms with Crippen molar-refractivity contribution in [1.82, 2.24) is 4.98 Å². The lowest BCUT2D eigenvalue weighted by Gasteiger charge is -2.10. The molecule has 19 heavy (non-hydrogen) atoms. The molecule has 0 saturated heterocycles. The highest BCUT2D eigenvalue weighted by molar-refractivity contribution is 5.62. The van der Waals surface area contributed by atoms with E-state index in [9.17, 15) is 18.3 Å². The van der Waals surface area contributed by atoms with Crippen LogP contribution in [-0.2, 0) is 0 Å². The Morgan fingerprint density at radius 2 is 1.89 bits per heavy atom. The Balaban J connectivity index is 2.35. The van der Waals surface area contributed by atoms with Crippen molar-refractivity contribution in [1.29, 1.82) is 0 Å². The number of rotatable bonds is 2. The first-order valence-corrected chi connectivity index (χ1v) is 5.38. The van der Waals surface area contributed by atoms with Crippen LogP contribution in [0.25, 0.3) is 11.3 Å². The van der Waals surface area contributed by atoms with Gasteiger partial charge in [-0.1, -0.05) is 12.1 Å². The van der Waals surface area contributed by atoms with E-state index in [-0.39, 0.29) is 11.5 Å². The Hall–Kier alpha value is -2.24. The van der Waals surface area contributed by atoms with E-state index in [0.29, 0.717) is 17.0 Å². The van der Waals surface area contributed by atoms with Gasteiger partial charge in [0.15, 0.2) is 0 Å². The van der Waals surface area contributed by atoms with E-state index in [2.05, 4.69) is 9.72 Å². The number of halogens is 3. The maximum Gasteiger partial charge on any atom is 0.573 e. The number of aromatic hydroxyl groups is 1. The van der Waals surface area contributed by atoms with Crippen LogP contribution < -0.4 is 4.74 Å². The third-order valence-corrected chi connectivity index (χ3v) is 2.42. The summed E-state index contributed by atoms with van der Waals surface area (Å²) >= 11 is 0. The summed E-state index contributed by atoms with van der Waals surface area (Å²) in [7, 11) is 0. The zero-order chi connectivity index (χ0) is 14.0. The summed E-state index contributed by atoms with van der Waals surface area (Å²) in [5.41, 5.74) is 1.34. The van der Waals surface area contributed by atoms with Crippen LogP contribution in [0, 0.1) is 6.92 Å². The van der Waals surface area contributed by atoms with Gasteiger partial charge in [-0.25, -0.2) is 4.98 Å². The number of aromatic nitrogens is 1. The van der Waals surface area contributed by atoms with E-state index in [1.807, 2.05) is 0 Å². The molecular formula is C13H10F3NO2. The second-order valence-electron chi connectivity index (χ2n) is 3.88. The van der Waals surface area contributed by atoms with Gasteiger partial charge in [-0.15, -0.1) is 13.2 Å². The van der Waals surface area contributed by atoms with Gasteiger partial charge in [0.25, 0.3) is 0 Å². The molecule has 1 N–H and O–H groups in total. The van der Waals surface area contributed by atoms with E-state index < -0.39 is 6.36 Å². The number of pyridine rings is 1. The minimum Gasteiger partial charge on any atom is -0.506 e. The van der Waals surface area contributed by atoms with Crippen molar-refractivity contribution in [3.8, 4) is 22.8 Å². The fourth-order valence-corrected chi connectivity index (χ4v) is 1.57. The highest BCUT2D eigenvalue weighted by Gasteiger charge is 2.31. The Morgan fingerprint density at radius 3 is 2.53 bits per heavy atom. The molecule has 0 aliphatic heterocycles. The molecule has 100 valence electrons. The molecule has 0 spiro atoms. The fraction of sp³-hybridized carbons (Fsp3) is 0.154. The monoisotopic (exact) mass is 269 g/mol. The first kappa shape index (κ1) is 13.2. The lowest BCUT2D eigenvalue weighted by Crippen LogP contribution is -2.17. The minimum atomic E-state index is -4.73. The predicted molar refractivity (Wildman–Crippen MR) is 62.8 cm³/mol. The fourth-order valence-electron chi connectivity index (χ4n) is 1.57. The average molecular weight is 269 g/mol. The largest absolute Gasteiger partial charge is 0.573 e. The molecule has 0 bridgehead atoms. The molecule has 6 heteroatoms. The molecule has 1 heterocycles. The van der Waals surface area contributed by atoms with Gasteiger partial charge >= 0.3 is 6.36 Å². The van der Waals surface area contributed by atoms with E-state index in [1.165, 1.54) is 30.3 Å². The molecule has 3 nitrogen and oxygen atoms in total. The Bertz CT molecular complexity index is 597. The van der Waals surface area contributed by atoms with Gasteiger partial charge in [0, 0.05) is 5.56 Å². The van der Waals surface area contributed by atoms with Crippen LogP contribution in [0.5, 0.6) is 11.5 Å². The summed E-state index contributed by atoms with van der Waals surface area (Å²) in [6, 6.07) is 8.48. The number of hydrogen-bond acceptors (Lipinski definition) is 3. The molecule has 1 aromatic heterocycles. The van der Waals surface area contributed by atoms with Gasteiger partial charge in [0.05, 0.1) is 11.4 Å². The molecule has 2 aromatic rings. The Morgan fingerprint density at radius 1 is 1.16 bits per heavy atom. The topological polar surface area (TPSA) is 42.4 Å². The van der Waals surface area contributed by atoms with Crippen LogP contribution >= 0.6 is 0 Å². The average Bonchev–Trinajstić information content (AvgIpc) is 2.31. The van der Waals surface area contributed by atoms with Crippen LogP contribution in [0.1, 0.15) is 5.69 Å². The van der Waals surface area contributed by atoms with Crippen molar-refractivity contribution in [2.45, 2.75) is 13.3 Å². The van der Waals surface area contributed by atoms with Crippen molar-refractivity contribution >= 4 is 0 Å². The zero-order valence-corrected chi connectivity index (χ0v) is 9.90. The number of alkyl halides is 3. The molecule has 1 aromatic carbocycles. The van der Waals surface area contributed by atoms with Crippen LogP contribution in [0.3, 0.4) is 0 Å². The number of benzene rings is 1. The molecule has 0 atom stereocenters. The smallest absolute Gasteiger partial charge is 0.506 e. The van der Waals surface area contributed by atoms with Crippen LogP contribution in [0.4, 0.5) is 13.2 Å². The van der Waals surface area contributed by atoms with E-state index >= 15 is 0 Å². The van der Waals surface area contributed by atoms with Gasteiger partial charge in [0.2, 0.25) is 0 Å². The standard InChI is InChI=1S/C13H10F3NO2/c1-8-12(18)6-5-11(17-8)9-3-2-4-10(7-9)19-13(14,15)16/h2-7,18H,1H3. The molecule has 0 aliphatic carbocycles. The minimum absolute atomic E-state index is 0.0337. The Labute approximate surface area is 107 Å². The lowest BCUT2D eigenvalue weighted by molar-refractivity contribution is -0.274. The van der Waals surface area contributed by atoms with Crippen molar-refractivity contribution < 1.29 is 23.0 Å². The molecule has 0 aliphatic rings. The first-order valence-electron chi connectivity index (χ1n) is 5.38. The van der Waals surface area contributed by atoms with Gasteiger partial charge in [0.1, 0.15) is 11.5 Å². The van der Waals surface area contributed by atoms with Crippen LogP contribution in [0.2, 0.25) is 0 Å². The van der Waals surface area contributed by atoms with Crippen LogP contribution in [-0.4, -0.2) is 16.5 Å². The normalized spacial score (nSPS) is 11.4. The quantitative estimate of drug-likeness (QED) is 0.904. The zero-order valence-electron chi connectivity index (χ0n) is 9.90.